The third-order valence-corrected chi connectivity index (χ3v) is 5.06. The van der Waals surface area contributed by atoms with Crippen LogP contribution in [0.1, 0.15) is 21.5 Å². The highest BCUT2D eigenvalue weighted by atomic mass is 127. The van der Waals surface area contributed by atoms with Crippen molar-refractivity contribution in [1.82, 2.24) is 10.6 Å². The van der Waals surface area contributed by atoms with Crippen LogP contribution < -0.4 is 10.6 Å². The third-order valence-electron chi connectivity index (χ3n) is 4.39. The number of carbonyl (C=O) groups excluding carboxylic acids is 2. The first-order chi connectivity index (χ1) is 13.5. The Morgan fingerprint density at radius 2 is 1.86 bits per heavy atom. The number of hydrogen-bond donors (Lipinski definition) is 3. The number of carbonyl (C=O) groups is 2. The minimum Gasteiger partial charge on any atom is -0.507 e. The Morgan fingerprint density at radius 1 is 1.04 bits per heavy atom. The van der Waals surface area contributed by atoms with Gasteiger partial charge in [-0.3, -0.25) is 14.9 Å². The van der Waals surface area contributed by atoms with Gasteiger partial charge in [0.05, 0.1) is 17.4 Å². The van der Waals surface area contributed by atoms with Crippen LogP contribution in [-0.2, 0) is 11.3 Å². The molecule has 0 spiro atoms. The highest BCUT2D eigenvalue weighted by molar-refractivity contribution is 14.1. The van der Waals surface area contributed by atoms with Gasteiger partial charge < -0.3 is 14.8 Å². The number of phenolic OH excluding ortho intramolecular Hbond substituents is 1. The lowest BCUT2D eigenvalue weighted by Gasteiger charge is -2.18. The van der Waals surface area contributed by atoms with Crippen molar-refractivity contribution in [2.75, 3.05) is 0 Å². The summed E-state index contributed by atoms with van der Waals surface area (Å²) in [5.74, 6) is -0.133. The minimum absolute atomic E-state index is 0.114. The average Bonchev–Trinajstić information content (AvgIpc) is 3.18. The minimum atomic E-state index is -0.442. The molecule has 0 saturated heterocycles. The fourth-order valence-electron chi connectivity index (χ4n) is 3.04. The summed E-state index contributed by atoms with van der Waals surface area (Å²) in [7, 11) is 0. The first-order valence-electron chi connectivity index (χ1n) is 8.48. The number of nitrogens with one attached hydrogen (secondary N) is 2. The standard InChI is InChI=1S/C21H15IN2O4/c22-13-4-6-14-16(9-13)17(21(27)24-20(14)26)11-23-10-12-3-5-15(18(25)8-12)19-2-1-7-28-19/h1-9,11,23,25H,10H2,(H,24,26,27)/b17-11-. The molecular formula is C21H15IN2O4. The Bertz CT molecular complexity index is 1100. The van der Waals surface area contributed by atoms with E-state index in [0.717, 1.165) is 9.13 Å². The van der Waals surface area contributed by atoms with Crippen LogP contribution in [0.2, 0.25) is 0 Å². The molecule has 1 aromatic heterocycles. The van der Waals surface area contributed by atoms with Crippen molar-refractivity contribution in [3.63, 3.8) is 0 Å². The second-order valence-corrected chi connectivity index (χ2v) is 7.49. The summed E-state index contributed by atoms with van der Waals surface area (Å²) >= 11 is 2.14. The zero-order valence-electron chi connectivity index (χ0n) is 14.5. The number of amides is 2. The van der Waals surface area contributed by atoms with E-state index in [4.69, 9.17) is 4.42 Å². The van der Waals surface area contributed by atoms with Crippen LogP contribution >= 0.6 is 22.6 Å². The van der Waals surface area contributed by atoms with E-state index in [0.29, 0.717) is 34.6 Å². The molecule has 3 aromatic rings. The summed E-state index contributed by atoms with van der Waals surface area (Å²) < 4.78 is 6.24. The molecule has 0 fully saturated rings. The second kappa shape index (κ2) is 7.51. The van der Waals surface area contributed by atoms with E-state index in [1.807, 2.05) is 18.2 Å². The van der Waals surface area contributed by atoms with Crippen molar-refractivity contribution in [2.45, 2.75) is 6.54 Å². The van der Waals surface area contributed by atoms with Crippen molar-refractivity contribution in [3.8, 4) is 17.1 Å². The van der Waals surface area contributed by atoms with Crippen LogP contribution in [0, 0.1) is 3.57 Å². The van der Waals surface area contributed by atoms with Gasteiger partial charge in [-0.05, 0) is 70.6 Å². The molecule has 2 heterocycles. The summed E-state index contributed by atoms with van der Waals surface area (Å²) in [5, 5.41) is 15.7. The van der Waals surface area contributed by atoms with Gasteiger partial charge in [0.2, 0.25) is 0 Å². The topological polar surface area (TPSA) is 91.6 Å². The molecule has 140 valence electrons. The van der Waals surface area contributed by atoms with Gasteiger partial charge in [0, 0.05) is 27.4 Å². The summed E-state index contributed by atoms with van der Waals surface area (Å²) in [6, 6.07) is 14.2. The number of fused-ring (bicyclic) bond motifs is 1. The molecule has 3 N–H and O–H groups in total. The van der Waals surface area contributed by atoms with Crippen LogP contribution in [-0.4, -0.2) is 16.9 Å². The largest absolute Gasteiger partial charge is 0.507 e. The number of aromatic hydroxyl groups is 1. The lowest BCUT2D eigenvalue weighted by molar-refractivity contribution is -0.114. The monoisotopic (exact) mass is 486 g/mol. The highest BCUT2D eigenvalue weighted by Gasteiger charge is 2.27. The van der Waals surface area contributed by atoms with Crippen molar-refractivity contribution in [2.24, 2.45) is 0 Å². The van der Waals surface area contributed by atoms with Crippen LogP contribution in [0.3, 0.4) is 0 Å². The lowest BCUT2D eigenvalue weighted by Crippen LogP contribution is -2.37. The summed E-state index contributed by atoms with van der Waals surface area (Å²) in [6.07, 6.45) is 3.14. The molecule has 0 radical (unpaired) electrons. The quantitative estimate of drug-likeness (QED) is 0.298. The van der Waals surface area contributed by atoms with E-state index in [1.165, 1.54) is 0 Å². The Hall–Kier alpha value is -3.07. The molecule has 0 aliphatic carbocycles. The van der Waals surface area contributed by atoms with E-state index in [-0.39, 0.29) is 5.75 Å². The van der Waals surface area contributed by atoms with Crippen molar-refractivity contribution >= 4 is 40.0 Å². The predicted octanol–water partition coefficient (Wildman–Crippen LogP) is 3.66. The maximum Gasteiger partial charge on any atom is 0.260 e. The molecule has 4 rings (SSSR count). The van der Waals surface area contributed by atoms with Gasteiger partial charge in [-0.15, -0.1) is 0 Å². The fourth-order valence-corrected chi connectivity index (χ4v) is 3.53. The molecule has 6 nitrogen and oxygen atoms in total. The van der Waals surface area contributed by atoms with Crippen LogP contribution in [0.15, 0.2) is 65.4 Å². The van der Waals surface area contributed by atoms with Gasteiger partial charge in [0.25, 0.3) is 11.8 Å². The smallest absolute Gasteiger partial charge is 0.260 e. The number of furan rings is 1. The Kier molecular flexibility index (Phi) is 4.91. The molecule has 0 atom stereocenters. The van der Waals surface area contributed by atoms with Crippen LogP contribution in [0.4, 0.5) is 0 Å². The predicted molar refractivity (Wildman–Crippen MR) is 112 cm³/mol. The van der Waals surface area contributed by atoms with Gasteiger partial charge in [-0.2, -0.15) is 0 Å². The molecule has 0 unspecified atom stereocenters. The summed E-state index contributed by atoms with van der Waals surface area (Å²) in [5.41, 5.74) is 2.91. The number of imide groups is 1. The number of hydrogen-bond acceptors (Lipinski definition) is 5. The van der Waals surface area contributed by atoms with Gasteiger partial charge in [-0.1, -0.05) is 6.07 Å². The molecule has 0 saturated carbocycles. The molecule has 2 aromatic carbocycles. The lowest BCUT2D eigenvalue weighted by atomic mass is 9.95. The van der Waals surface area contributed by atoms with Crippen molar-refractivity contribution in [1.29, 1.82) is 0 Å². The van der Waals surface area contributed by atoms with Crippen LogP contribution in [0.5, 0.6) is 5.75 Å². The Balaban J connectivity index is 1.55. The van der Waals surface area contributed by atoms with Gasteiger partial charge >= 0.3 is 0 Å². The molecule has 0 bridgehead atoms. The Labute approximate surface area is 174 Å². The van der Waals surface area contributed by atoms with E-state index in [2.05, 4.69) is 33.2 Å². The Morgan fingerprint density at radius 3 is 2.61 bits per heavy atom. The highest BCUT2D eigenvalue weighted by Crippen LogP contribution is 2.30. The van der Waals surface area contributed by atoms with E-state index in [1.54, 1.807) is 42.8 Å². The summed E-state index contributed by atoms with van der Waals surface area (Å²) in [4.78, 5) is 24.3. The fraction of sp³-hybridized carbons (Fsp3) is 0.0476. The molecule has 28 heavy (non-hydrogen) atoms. The molecule has 1 aliphatic heterocycles. The maximum absolute atomic E-state index is 12.3. The number of phenols is 1. The van der Waals surface area contributed by atoms with Crippen LogP contribution in [0.25, 0.3) is 16.9 Å². The van der Waals surface area contributed by atoms with E-state index in [9.17, 15) is 14.7 Å². The molecule has 1 aliphatic rings. The van der Waals surface area contributed by atoms with Gasteiger partial charge in [0.1, 0.15) is 11.5 Å². The van der Waals surface area contributed by atoms with Crippen molar-refractivity contribution < 1.29 is 19.1 Å². The first kappa shape index (κ1) is 18.3. The summed E-state index contributed by atoms with van der Waals surface area (Å²) in [6.45, 7) is 0.399. The number of rotatable bonds is 4. The van der Waals surface area contributed by atoms with E-state index < -0.39 is 11.8 Å². The first-order valence-corrected chi connectivity index (χ1v) is 9.56. The zero-order chi connectivity index (χ0) is 19.7. The van der Waals surface area contributed by atoms with Gasteiger partial charge in [-0.25, -0.2) is 0 Å². The second-order valence-electron chi connectivity index (χ2n) is 6.24. The normalized spacial score (nSPS) is 14.7. The van der Waals surface area contributed by atoms with Gasteiger partial charge in [0.15, 0.2) is 0 Å². The molecule has 2 amide bonds. The van der Waals surface area contributed by atoms with Crippen molar-refractivity contribution in [3.05, 3.63) is 81.3 Å². The maximum atomic E-state index is 12.3. The molecular weight excluding hydrogens is 471 g/mol. The molecule has 7 heteroatoms. The zero-order valence-corrected chi connectivity index (χ0v) is 16.7. The number of halogens is 1. The van der Waals surface area contributed by atoms with E-state index >= 15 is 0 Å². The SMILES string of the molecule is O=C1NC(=O)c2ccc(I)cc2/C1=C/NCc1ccc(-c2ccco2)c(O)c1. The third kappa shape index (κ3) is 3.53. The number of benzene rings is 2. The average molecular weight is 486 g/mol.